The largest absolute Gasteiger partial charge is 0.508 e. The molecule has 1 amide bonds. The fourth-order valence-electron chi connectivity index (χ4n) is 3.64. The molecule has 1 aliphatic rings. The van der Waals surface area contributed by atoms with Crippen molar-refractivity contribution in [2.45, 2.75) is 17.4 Å². The molecule has 176 valence electrons. The van der Waals surface area contributed by atoms with Gasteiger partial charge < -0.3 is 19.8 Å². The summed E-state index contributed by atoms with van der Waals surface area (Å²) < 4.78 is 30.7. The first kappa shape index (κ1) is 24.4. The minimum absolute atomic E-state index is 0.0211. The van der Waals surface area contributed by atoms with Gasteiger partial charge in [0.05, 0.1) is 16.5 Å². The maximum absolute atomic E-state index is 12.9. The SMILES string of the molecule is COCCCN1C(=O)C(=O)C(=C(O)c2ccc(S(=O)(=O)N(C)C)cc2)[C@H]1c1ccc(O)cc1. The van der Waals surface area contributed by atoms with Gasteiger partial charge in [-0.2, -0.15) is 0 Å². The second-order valence-electron chi connectivity index (χ2n) is 7.74. The highest BCUT2D eigenvalue weighted by Gasteiger charge is 2.45. The number of nitrogens with zero attached hydrogens (tertiary/aromatic N) is 2. The molecule has 0 spiro atoms. The number of ketones is 1. The summed E-state index contributed by atoms with van der Waals surface area (Å²) in [5, 5.41) is 20.7. The lowest BCUT2D eigenvalue weighted by atomic mass is 9.95. The molecule has 0 saturated carbocycles. The zero-order valence-corrected chi connectivity index (χ0v) is 19.4. The smallest absolute Gasteiger partial charge is 0.295 e. The van der Waals surface area contributed by atoms with E-state index in [4.69, 9.17) is 4.74 Å². The second kappa shape index (κ2) is 9.74. The lowest BCUT2D eigenvalue weighted by Crippen LogP contribution is -2.31. The Hall–Kier alpha value is -3.21. The van der Waals surface area contributed by atoms with E-state index in [0.717, 1.165) is 4.31 Å². The lowest BCUT2D eigenvalue weighted by Gasteiger charge is -2.25. The zero-order valence-electron chi connectivity index (χ0n) is 18.6. The molecule has 1 atom stereocenters. The number of sulfonamides is 1. The van der Waals surface area contributed by atoms with E-state index in [9.17, 15) is 28.2 Å². The summed E-state index contributed by atoms with van der Waals surface area (Å²) in [6.07, 6.45) is 0.481. The molecule has 2 aromatic carbocycles. The Balaban J connectivity index is 2.09. The fourth-order valence-corrected chi connectivity index (χ4v) is 4.55. The van der Waals surface area contributed by atoms with Crippen LogP contribution < -0.4 is 0 Å². The summed E-state index contributed by atoms with van der Waals surface area (Å²) in [5.41, 5.74) is 0.635. The number of amides is 1. The molecular formula is C23H26N2O7S. The third kappa shape index (κ3) is 4.77. The fraction of sp³-hybridized carbons (Fsp3) is 0.304. The van der Waals surface area contributed by atoms with Gasteiger partial charge in [0, 0.05) is 39.9 Å². The summed E-state index contributed by atoms with van der Waals surface area (Å²) in [7, 11) is 0.684. The van der Waals surface area contributed by atoms with Crippen LogP contribution in [0.4, 0.5) is 0 Å². The molecule has 1 saturated heterocycles. The van der Waals surface area contributed by atoms with E-state index in [-0.39, 0.29) is 28.3 Å². The van der Waals surface area contributed by atoms with Gasteiger partial charge in [0.2, 0.25) is 10.0 Å². The molecule has 0 bridgehead atoms. The molecule has 2 aromatic rings. The number of carbonyl (C=O) groups is 2. The molecule has 33 heavy (non-hydrogen) atoms. The van der Waals surface area contributed by atoms with Gasteiger partial charge in [0.15, 0.2) is 0 Å². The van der Waals surface area contributed by atoms with Crippen molar-refractivity contribution >= 4 is 27.5 Å². The van der Waals surface area contributed by atoms with Gasteiger partial charge in [-0.15, -0.1) is 0 Å². The van der Waals surface area contributed by atoms with E-state index in [1.165, 1.54) is 62.5 Å². The number of hydrogen-bond acceptors (Lipinski definition) is 7. The maximum Gasteiger partial charge on any atom is 0.295 e. The minimum atomic E-state index is -3.67. The quantitative estimate of drug-likeness (QED) is 0.260. The number of benzene rings is 2. The Morgan fingerprint density at radius 1 is 1.06 bits per heavy atom. The Morgan fingerprint density at radius 3 is 2.21 bits per heavy atom. The number of ether oxygens (including phenoxy) is 1. The van der Waals surface area contributed by atoms with Gasteiger partial charge in [-0.3, -0.25) is 9.59 Å². The normalized spacial score (nSPS) is 18.3. The number of aromatic hydroxyl groups is 1. The third-order valence-electron chi connectivity index (χ3n) is 5.40. The van der Waals surface area contributed by atoms with Crippen LogP contribution in [0.25, 0.3) is 5.76 Å². The molecule has 1 aliphatic heterocycles. The highest BCUT2D eigenvalue weighted by atomic mass is 32.2. The highest BCUT2D eigenvalue weighted by Crippen LogP contribution is 2.40. The number of carbonyl (C=O) groups excluding carboxylic acids is 2. The van der Waals surface area contributed by atoms with E-state index in [1.807, 2.05) is 0 Å². The molecule has 0 unspecified atom stereocenters. The number of phenols is 1. The molecule has 10 heteroatoms. The Bertz CT molecular complexity index is 1170. The van der Waals surface area contributed by atoms with Crippen LogP contribution in [0.15, 0.2) is 59.0 Å². The van der Waals surface area contributed by atoms with Gasteiger partial charge in [0.25, 0.3) is 11.7 Å². The number of Topliss-reactive ketones (excluding diaryl/α,β-unsaturated/α-hetero) is 1. The van der Waals surface area contributed by atoms with Gasteiger partial charge >= 0.3 is 0 Å². The monoisotopic (exact) mass is 474 g/mol. The topological polar surface area (TPSA) is 124 Å². The molecule has 9 nitrogen and oxygen atoms in total. The average molecular weight is 475 g/mol. The van der Waals surface area contributed by atoms with Crippen LogP contribution in [0.3, 0.4) is 0 Å². The summed E-state index contributed by atoms with van der Waals surface area (Å²) >= 11 is 0. The number of hydrogen-bond donors (Lipinski definition) is 2. The van der Waals surface area contributed by atoms with E-state index < -0.39 is 33.5 Å². The van der Waals surface area contributed by atoms with E-state index in [0.29, 0.717) is 18.6 Å². The summed E-state index contributed by atoms with van der Waals surface area (Å²) in [4.78, 5) is 27.1. The molecule has 0 radical (unpaired) electrons. The van der Waals surface area contributed by atoms with Crippen molar-refractivity contribution in [1.29, 1.82) is 0 Å². The zero-order chi connectivity index (χ0) is 24.3. The molecule has 1 heterocycles. The van der Waals surface area contributed by atoms with Crippen LogP contribution in [0.5, 0.6) is 5.75 Å². The van der Waals surface area contributed by atoms with Gasteiger partial charge in [-0.25, -0.2) is 12.7 Å². The van der Waals surface area contributed by atoms with Crippen LogP contribution in [0, 0.1) is 0 Å². The molecule has 0 aliphatic carbocycles. The first-order chi connectivity index (χ1) is 15.6. The maximum atomic E-state index is 12.9. The van der Waals surface area contributed by atoms with Crippen molar-refractivity contribution in [2.75, 3.05) is 34.4 Å². The molecule has 0 aromatic heterocycles. The Morgan fingerprint density at radius 2 is 1.67 bits per heavy atom. The Kier molecular flexibility index (Phi) is 7.21. The van der Waals surface area contributed by atoms with E-state index in [1.54, 1.807) is 12.1 Å². The van der Waals surface area contributed by atoms with E-state index >= 15 is 0 Å². The van der Waals surface area contributed by atoms with Crippen molar-refractivity contribution in [2.24, 2.45) is 0 Å². The lowest BCUT2D eigenvalue weighted by molar-refractivity contribution is -0.140. The summed E-state index contributed by atoms with van der Waals surface area (Å²) in [6, 6.07) is 10.6. The number of likely N-dealkylation sites (tertiary alicyclic amines) is 1. The van der Waals surface area contributed by atoms with Crippen molar-refractivity contribution in [3.05, 3.63) is 65.2 Å². The number of rotatable bonds is 8. The van der Waals surface area contributed by atoms with Gasteiger partial charge in [-0.1, -0.05) is 12.1 Å². The number of phenolic OH excluding ortho intramolecular Hbond substituents is 1. The van der Waals surface area contributed by atoms with Crippen molar-refractivity contribution in [3.8, 4) is 5.75 Å². The number of methoxy groups -OCH3 is 1. The van der Waals surface area contributed by atoms with Gasteiger partial charge in [-0.05, 0) is 48.4 Å². The molecule has 2 N–H and O–H groups in total. The summed E-state index contributed by atoms with van der Waals surface area (Å²) in [5.74, 6) is -1.98. The molecular weight excluding hydrogens is 448 g/mol. The first-order valence-corrected chi connectivity index (χ1v) is 11.6. The second-order valence-corrected chi connectivity index (χ2v) is 9.89. The minimum Gasteiger partial charge on any atom is -0.508 e. The predicted molar refractivity (Wildman–Crippen MR) is 121 cm³/mol. The van der Waals surface area contributed by atoms with Gasteiger partial charge in [0.1, 0.15) is 11.5 Å². The van der Waals surface area contributed by atoms with Crippen molar-refractivity contribution in [1.82, 2.24) is 9.21 Å². The standard InChI is InChI=1S/C23H26N2O7S/c1-24(2)33(30,31)18-11-7-16(8-12-18)21(27)19-20(15-5-9-17(26)10-6-15)25(13-4-14-32-3)23(29)22(19)28/h5-12,20,26-27H,4,13-14H2,1-3H3/t20-/m1/s1. The van der Waals surface area contributed by atoms with Crippen molar-refractivity contribution in [3.63, 3.8) is 0 Å². The summed E-state index contributed by atoms with van der Waals surface area (Å²) in [6.45, 7) is 0.605. The van der Waals surface area contributed by atoms with Crippen LogP contribution >= 0.6 is 0 Å². The van der Waals surface area contributed by atoms with Crippen LogP contribution in [0.1, 0.15) is 23.6 Å². The third-order valence-corrected chi connectivity index (χ3v) is 7.23. The number of aliphatic hydroxyl groups is 1. The van der Waals surface area contributed by atoms with Crippen LogP contribution in [0.2, 0.25) is 0 Å². The van der Waals surface area contributed by atoms with Crippen LogP contribution in [-0.2, 0) is 24.3 Å². The molecule has 3 rings (SSSR count). The molecule has 1 fully saturated rings. The van der Waals surface area contributed by atoms with Crippen LogP contribution in [-0.4, -0.2) is 73.9 Å². The highest BCUT2D eigenvalue weighted by molar-refractivity contribution is 7.89. The average Bonchev–Trinajstić information content (AvgIpc) is 3.04. The van der Waals surface area contributed by atoms with Crippen molar-refractivity contribution < 1.29 is 33.0 Å². The van der Waals surface area contributed by atoms with E-state index in [2.05, 4.69) is 0 Å². The first-order valence-electron chi connectivity index (χ1n) is 10.2. The predicted octanol–water partition coefficient (Wildman–Crippen LogP) is 2.10. The number of aliphatic hydroxyl groups excluding tert-OH is 1. The Labute approximate surface area is 192 Å².